The molecule has 0 unspecified atom stereocenters. The molecule has 0 aliphatic carbocycles. The molecule has 0 heterocycles. The van der Waals surface area contributed by atoms with Crippen molar-refractivity contribution in [2.75, 3.05) is 19.8 Å². The summed E-state index contributed by atoms with van der Waals surface area (Å²) in [6.07, 6.45) is 21.1. The Hall–Kier alpha value is -1.62. The third kappa shape index (κ3) is 28.7. The summed E-state index contributed by atoms with van der Waals surface area (Å²) in [7, 11) is 0. The summed E-state index contributed by atoms with van der Waals surface area (Å²) in [5, 5.41) is 8.10. The predicted octanol–water partition coefficient (Wildman–Crippen LogP) is 5.90. The molecule has 0 atom stereocenters. The molecule has 0 aromatic carbocycles. The number of rotatable bonds is 19. The van der Waals surface area contributed by atoms with Crippen molar-refractivity contribution >= 4 is 11.9 Å². The summed E-state index contributed by atoms with van der Waals surface area (Å²) in [5.74, 6) is -0.802. The zero-order valence-corrected chi connectivity index (χ0v) is 18.7. The van der Waals surface area contributed by atoms with Crippen LogP contribution in [0.2, 0.25) is 0 Å². The molecule has 5 nitrogen and oxygen atoms in total. The third-order valence-corrected chi connectivity index (χ3v) is 4.41. The maximum absolute atomic E-state index is 10.8. The Morgan fingerprint density at radius 2 is 1.00 bits per heavy atom. The number of aliphatic hydroxyl groups excluding tert-OH is 1. The number of ether oxygens (including phenoxy) is 2. The molecular formula is C24H44O5. The quantitative estimate of drug-likeness (QED) is 0.162. The highest BCUT2D eigenvalue weighted by Crippen LogP contribution is 2.12. The van der Waals surface area contributed by atoms with Crippen LogP contribution in [-0.4, -0.2) is 36.9 Å². The second kappa shape index (κ2) is 26.4. The van der Waals surface area contributed by atoms with Crippen molar-refractivity contribution in [3.63, 3.8) is 0 Å². The molecule has 0 fully saturated rings. The molecule has 0 aliphatic rings. The molecule has 0 saturated carbocycles. The van der Waals surface area contributed by atoms with Crippen LogP contribution in [0.25, 0.3) is 0 Å². The van der Waals surface area contributed by atoms with Gasteiger partial charge in [0.15, 0.2) is 0 Å². The molecule has 29 heavy (non-hydrogen) atoms. The van der Waals surface area contributed by atoms with Crippen LogP contribution in [0.15, 0.2) is 25.3 Å². The number of hydrogen-bond acceptors (Lipinski definition) is 5. The van der Waals surface area contributed by atoms with E-state index in [0.717, 1.165) is 12.5 Å². The minimum Gasteiger partial charge on any atom is -0.463 e. The molecule has 0 aromatic rings. The van der Waals surface area contributed by atoms with Gasteiger partial charge in [0.25, 0.3) is 0 Å². The Balaban J connectivity index is 0. The molecule has 0 aromatic heterocycles. The van der Waals surface area contributed by atoms with E-state index >= 15 is 0 Å². The first-order valence-corrected chi connectivity index (χ1v) is 11.3. The van der Waals surface area contributed by atoms with E-state index < -0.39 is 5.97 Å². The van der Waals surface area contributed by atoms with Gasteiger partial charge in [0.05, 0.1) is 13.2 Å². The number of carbonyl (C=O) groups excluding carboxylic acids is 2. The van der Waals surface area contributed by atoms with Gasteiger partial charge in [-0.1, -0.05) is 104 Å². The molecule has 0 rings (SSSR count). The Bertz CT molecular complexity index is 393. The Kier molecular flexibility index (Phi) is 26.9. The first kappa shape index (κ1) is 29.6. The number of aliphatic hydroxyl groups is 1. The highest BCUT2D eigenvalue weighted by molar-refractivity contribution is 5.81. The first-order chi connectivity index (χ1) is 14.1. The normalized spacial score (nSPS) is 9.86. The zero-order valence-electron chi connectivity index (χ0n) is 18.7. The van der Waals surface area contributed by atoms with Crippen LogP contribution < -0.4 is 0 Å². The third-order valence-electron chi connectivity index (χ3n) is 4.41. The van der Waals surface area contributed by atoms with Crippen molar-refractivity contribution < 1.29 is 24.2 Å². The summed E-state index contributed by atoms with van der Waals surface area (Å²) in [5.41, 5.74) is 0. The van der Waals surface area contributed by atoms with E-state index in [-0.39, 0.29) is 19.2 Å². The van der Waals surface area contributed by atoms with Crippen molar-refractivity contribution in [3.05, 3.63) is 25.3 Å². The summed E-state index contributed by atoms with van der Waals surface area (Å²) < 4.78 is 9.27. The average Bonchev–Trinajstić information content (AvgIpc) is 2.74. The van der Waals surface area contributed by atoms with E-state index in [2.05, 4.69) is 24.8 Å². The van der Waals surface area contributed by atoms with E-state index in [1.165, 1.54) is 89.5 Å². The van der Waals surface area contributed by atoms with Gasteiger partial charge in [0, 0.05) is 12.2 Å². The van der Waals surface area contributed by atoms with Crippen molar-refractivity contribution in [1.82, 2.24) is 0 Å². The maximum atomic E-state index is 10.8. The van der Waals surface area contributed by atoms with Gasteiger partial charge in [-0.2, -0.15) is 0 Å². The van der Waals surface area contributed by atoms with Crippen molar-refractivity contribution in [3.8, 4) is 0 Å². The highest BCUT2D eigenvalue weighted by Gasteiger charge is 1.96. The summed E-state index contributed by atoms with van der Waals surface area (Å²) in [6.45, 7) is 9.26. The van der Waals surface area contributed by atoms with E-state index in [4.69, 9.17) is 9.84 Å². The molecular weight excluding hydrogens is 368 g/mol. The largest absolute Gasteiger partial charge is 0.463 e. The molecule has 0 saturated heterocycles. The van der Waals surface area contributed by atoms with Gasteiger partial charge in [-0.25, -0.2) is 9.59 Å². The first-order valence-electron chi connectivity index (χ1n) is 11.3. The summed E-state index contributed by atoms with van der Waals surface area (Å²) in [6, 6.07) is 0. The fourth-order valence-electron chi connectivity index (χ4n) is 2.73. The van der Waals surface area contributed by atoms with E-state index in [1.807, 2.05) is 0 Å². The van der Waals surface area contributed by atoms with Gasteiger partial charge in [0.2, 0.25) is 0 Å². The van der Waals surface area contributed by atoms with Gasteiger partial charge < -0.3 is 14.6 Å². The fourth-order valence-corrected chi connectivity index (χ4v) is 2.73. The molecule has 0 amide bonds. The SMILES string of the molecule is C=CC(=O)OCCCCCCCCCCCCCCCC.C=CC(=O)OCCO. The zero-order chi connectivity index (χ0) is 22.0. The van der Waals surface area contributed by atoms with E-state index in [9.17, 15) is 9.59 Å². The molecule has 1 N–H and O–H groups in total. The molecule has 0 bridgehead atoms. The average molecular weight is 413 g/mol. The van der Waals surface area contributed by atoms with Crippen molar-refractivity contribution in [2.24, 2.45) is 0 Å². The van der Waals surface area contributed by atoms with Crippen LogP contribution in [0.3, 0.4) is 0 Å². The topological polar surface area (TPSA) is 72.8 Å². The van der Waals surface area contributed by atoms with Crippen LogP contribution in [-0.2, 0) is 19.1 Å². The Morgan fingerprint density at radius 3 is 1.34 bits per heavy atom. The lowest BCUT2D eigenvalue weighted by Crippen LogP contribution is -2.04. The van der Waals surface area contributed by atoms with Gasteiger partial charge in [-0.15, -0.1) is 0 Å². The molecule has 170 valence electrons. The standard InChI is InChI=1S/C19H36O2.C5H8O3/c1-3-5-6-7-8-9-10-11-12-13-14-15-16-17-18-21-19(20)4-2;1-2-5(7)8-4-3-6/h4H,2-3,5-18H2,1H3;2,6H,1,3-4H2. The molecule has 0 aliphatic heterocycles. The van der Waals surface area contributed by atoms with Crippen molar-refractivity contribution in [1.29, 1.82) is 0 Å². The molecule has 0 spiro atoms. The predicted molar refractivity (Wildman–Crippen MR) is 120 cm³/mol. The van der Waals surface area contributed by atoms with Crippen LogP contribution >= 0.6 is 0 Å². The fraction of sp³-hybridized carbons (Fsp3) is 0.750. The van der Waals surface area contributed by atoms with Crippen LogP contribution in [0, 0.1) is 0 Å². The van der Waals surface area contributed by atoms with Crippen molar-refractivity contribution in [2.45, 2.75) is 96.8 Å². The Labute approximate surface area is 178 Å². The summed E-state index contributed by atoms with van der Waals surface area (Å²) in [4.78, 5) is 20.9. The van der Waals surface area contributed by atoms with Gasteiger partial charge >= 0.3 is 11.9 Å². The minimum atomic E-state index is -0.501. The number of esters is 2. The summed E-state index contributed by atoms with van der Waals surface area (Å²) >= 11 is 0. The number of unbranched alkanes of at least 4 members (excludes halogenated alkanes) is 13. The lowest BCUT2D eigenvalue weighted by Gasteiger charge is -2.03. The monoisotopic (exact) mass is 412 g/mol. The second-order valence-electron chi connectivity index (χ2n) is 7.06. The molecule has 0 radical (unpaired) electrons. The lowest BCUT2D eigenvalue weighted by molar-refractivity contribution is -0.139. The van der Waals surface area contributed by atoms with Crippen LogP contribution in [0.4, 0.5) is 0 Å². The van der Waals surface area contributed by atoms with Crippen LogP contribution in [0.5, 0.6) is 0 Å². The lowest BCUT2D eigenvalue weighted by atomic mass is 10.0. The molecule has 5 heteroatoms. The highest BCUT2D eigenvalue weighted by atomic mass is 16.5. The van der Waals surface area contributed by atoms with Gasteiger partial charge in [0.1, 0.15) is 6.61 Å². The smallest absolute Gasteiger partial charge is 0.330 e. The van der Waals surface area contributed by atoms with E-state index in [0.29, 0.717) is 6.61 Å². The number of hydrogen-bond donors (Lipinski definition) is 1. The van der Waals surface area contributed by atoms with Crippen LogP contribution in [0.1, 0.15) is 96.8 Å². The second-order valence-corrected chi connectivity index (χ2v) is 7.06. The maximum Gasteiger partial charge on any atom is 0.330 e. The minimum absolute atomic E-state index is 0.0465. The Morgan fingerprint density at radius 1 is 0.655 bits per heavy atom. The van der Waals surface area contributed by atoms with E-state index in [1.54, 1.807) is 0 Å². The van der Waals surface area contributed by atoms with Gasteiger partial charge in [-0.05, 0) is 6.42 Å². The van der Waals surface area contributed by atoms with Gasteiger partial charge in [-0.3, -0.25) is 0 Å². The number of carbonyl (C=O) groups is 2.